The van der Waals surface area contributed by atoms with Crippen molar-refractivity contribution >= 4 is 34.4 Å². The third-order valence-corrected chi connectivity index (χ3v) is 5.47. The van der Waals surface area contributed by atoms with Crippen LogP contribution in [0.15, 0.2) is 76.8 Å². The van der Waals surface area contributed by atoms with E-state index in [1.165, 1.54) is 11.8 Å². The summed E-state index contributed by atoms with van der Waals surface area (Å²) in [6.45, 7) is 0. The predicted octanol–water partition coefficient (Wildman–Crippen LogP) is 4.74. The Morgan fingerprint density at radius 2 is 1.93 bits per heavy atom. The van der Waals surface area contributed by atoms with Crippen molar-refractivity contribution in [2.75, 3.05) is 7.11 Å². The molecule has 0 radical (unpaired) electrons. The highest BCUT2D eigenvalue weighted by Crippen LogP contribution is 2.26. The van der Waals surface area contributed by atoms with Gasteiger partial charge in [0.2, 0.25) is 0 Å². The lowest BCUT2D eigenvalue weighted by Crippen LogP contribution is -2.22. The van der Waals surface area contributed by atoms with Crippen LogP contribution in [0.2, 0.25) is 5.02 Å². The number of fused-ring (bicyclic) bond motifs is 1. The number of thioether (sulfide) groups is 1. The summed E-state index contributed by atoms with van der Waals surface area (Å²) < 4.78 is 6.92. The first-order chi connectivity index (χ1) is 13.7. The zero-order chi connectivity index (χ0) is 19.5. The summed E-state index contributed by atoms with van der Waals surface area (Å²) in [5, 5.41) is 1.73. The molecule has 0 atom stereocenters. The first-order valence-corrected chi connectivity index (χ1v) is 9.91. The Kier molecular flexibility index (Phi) is 5.32. The number of halogens is 1. The Hall–Kier alpha value is -2.83. The molecule has 0 amide bonds. The quantitative estimate of drug-likeness (QED) is 0.352. The molecule has 0 fully saturated rings. The van der Waals surface area contributed by atoms with Crippen molar-refractivity contribution in [1.29, 1.82) is 0 Å². The van der Waals surface area contributed by atoms with Crippen LogP contribution < -0.4 is 10.3 Å². The smallest absolute Gasteiger partial charge is 0.268 e. The van der Waals surface area contributed by atoms with Crippen molar-refractivity contribution in [3.8, 4) is 11.4 Å². The van der Waals surface area contributed by atoms with Crippen LogP contribution in [0.3, 0.4) is 0 Å². The molecule has 0 saturated heterocycles. The van der Waals surface area contributed by atoms with Crippen molar-refractivity contribution < 1.29 is 4.74 Å². The minimum Gasteiger partial charge on any atom is -0.497 e. The molecule has 2 aromatic carbocycles. The van der Waals surface area contributed by atoms with E-state index in [1.54, 1.807) is 30.0 Å². The topological polar surface area (TPSA) is 57.0 Å². The molecular formula is C21H16ClN3O2S. The lowest BCUT2D eigenvalue weighted by molar-refractivity contribution is 0.414. The first-order valence-electron chi connectivity index (χ1n) is 8.55. The van der Waals surface area contributed by atoms with Gasteiger partial charge in [-0.15, -0.1) is 0 Å². The van der Waals surface area contributed by atoms with Crippen molar-refractivity contribution in [2.24, 2.45) is 0 Å². The van der Waals surface area contributed by atoms with E-state index in [2.05, 4.69) is 9.97 Å². The highest BCUT2D eigenvalue weighted by atomic mass is 35.5. The summed E-state index contributed by atoms with van der Waals surface area (Å²) >= 11 is 7.44. The van der Waals surface area contributed by atoms with Crippen LogP contribution >= 0.6 is 23.4 Å². The number of aromatic nitrogens is 3. The number of nitrogens with zero attached hydrogens (tertiary/aromatic N) is 3. The third kappa shape index (κ3) is 3.74. The van der Waals surface area contributed by atoms with Gasteiger partial charge in [-0.1, -0.05) is 41.6 Å². The van der Waals surface area contributed by atoms with Gasteiger partial charge in [0.1, 0.15) is 5.75 Å². The van der Waals surface area contributed by atoms with Crippen LogP contribution in [-0.2, 0) is 5.75 Å². The monoisotopic (exact) mass is 409 g/mol. The van der Waals surface area contributed by atoms with E-state index in [9.17, 15) is 4.79 Å². The lowest BCUT2D eigenvalue weighted by Gasteiger charge is -2.13. The fourth-order valence-corrected chi connectivity index (χ4v) is 3.89. The van der Waals surface area contributed by atoms with Gasteiger partial charge < -0.3 is 4.74 Å². The summed E-state index contributed by atoms with van der Waals surface area (Å²) in [6, 6.07) is 18.5. The van der Waals surface area contributed by atoms with Crippen molar-refractivity contribution in [3.63, 3.8) is 0 Å². The number of rotatable bonds is 5. The minimum atomic E-state index is -0.162. The molecule has 0 saturated carbocycles. The molecule has 2 heterocycles. The summed E-state index contributed by atoms with van der Waals surface area (Å²) in [5.74, 6) is 1.32. The van der Waals surface area contributed by atoms with Crippen LogP contribution in [0.25, 0.3) is 16.7 Å². The molecule has 0 aliphatic heterocycles. The number of ether oxygens (including phenoxy) is 1. The van der Waals surface area contributed by atoms with Crippen LogP contribution in [-0.4, -0.2) is 21.6 Å². The third-order valence-electron chi connectivity index (χ3n) is 4.21. The van der Waals surface area contributed by atoms with Gasteiger partial charge in [-0.25, -0.2) is 9.97 Å². The van der Waals surface area contributed by atoms with E-state index in [0.29, 0.717) is 38.4 Å². The van der Waals surface area contributed by atoms with Gasteiger partial charge in [-0.2, -0.15) is 0 Å². The number of hydrogen-bond acceptors (Lipinski definition) is 5. The van der Waals surface area contributed by atoms with E-state index in [4.69, 9.17) is 16.3 Å². The van der Waals surface area contributed by atoms with E-state index in [-0.39, 0.29) is 5.56 Å². The average Bonchev–Trinajstić information content (AvgIpc) is 2.73. The van der Waals surface area contributed by atoms with E-state index in [1.807, 2.05) is 48.5 Å². The second-order valence-corrected chi connectivity index (χ2v) is 7.41. The Balaban J connectivity index is 1.83. The molecule has 28 heavy (non-hydrogen) atoms. The molecule has 4 rings (SSSR count). The number of benzene rings is 2. The van der Waals surface area contributed by atoms with E-state index >= 15 is 0 Å². The second-order valence-electron chi connectivity index (χ2n) is 6.03. The van der Waals surface area contributed by atoms with Gasteiger partial charge in [-0.3, -0.25) is 9.36 Å². The number of hydrogen-bond donors (Lipinski definition) is 0. The Bertz CT molecular complexity index is 1190. The molecule has 5 nitrogen and oxygen atoms in total. The molecule has 0 aliphatic carbocycles. The van der Waals surface area contributed by atoms with Gasteiger partial charge in [0.05, 0.1) is 18.2 Å². The minimum absolute atomic E-state index is 0.162. The van der Waals surface area contributed by atoms with Gasteiger partial charge in [0, 0.05) is 23.0 Å². The van der Waals surface area contributed by atoms with Gasteiger partial charge in [-0.05, 0) is 42.0 Å². The fourth-order valence-electron chi connectivity index (χ4n) is 2.80. The van der Waals surface area contributed by atoms with Crippen molar-refractivity contribution in [2.45, 2.75) is 10.9 Å². The first kappa shape index (κ1) is 18.5. The molecule has 4 aromatic rings. The molecule has 2 aromatic heterocycles. The predicted molar refractivity (Wildman–Crippen MR) is 113 cm³/mol. The van der Waals surface area contributed by atoms with E-state index < -0.39 is 0 Å². The molecule has 140 valence electrons. The highest BCUT2D eigenvalue weighted by Gasteiger charge is 2.14. The number of pyridine rings is 1. The van der Waals surface area contributed by atoms with Gasteiger partial charge in [0.15, 0.2) is 10.8 Å². The van der Waals surface area contributed by atoms with Crippen molar-refractivity contribution in [3.05, 3.63) is 87.8 Å². The molecule has 0 N–H and O–H groups in total. The molecule has 0 aliphatic rings. The molecule has 0 spiro atoms. The summed E-state index contributed by atoms with van der Waals surface area (Å²) in [4.78, 5) is 22.1. The average molecular weight is 410 g/mol. The summed E-state index contributed by atoms with van der Waals surface area (Å²) in [7, 11) is 1.60. The maximum Gasteiger partial charge on any atom is 0.268 e. The molecule has 7 heteroatoms. The molecular weight excluding hydrogens is 394 g/mol. The van der Waals surface area contributed by atoms with Crippen LogP contribution in [0.4, 0.5) is 0 Å². The maximum absolute atomic E-state index is 13.2. The van der Waals surface area contributed by atoms with Crippen LogP contribution in [0, 0.1) is 0 Å². The molecule has 0 unspecified atom stereocenters. The normalized spacial score (nSPS) is 10.9. The van der Waals surface area contributed by atoms with Gasteiger partial charge in [0.25, 0.3) is 5.56 Å². The fraction of sp³-hybridized carbons (Fsp3) is 0.0952. The molecule has 0 bridgehead atoms. The lowest BCUT2D eigenvalue weighted by atomic mass is 10.2. The zero-order valence-electron chi connectivity index (χ0n) is 15.0. The Morgan fingerprint density at radius 1 is 1.11 bits per heavy atom. The van der Waals surface area contributed by atoms with Crippen molar-refractivity contribution in [1.82, 2.24) is 14.5 Å². The Labute approximate surface area is 171 Å². The highest BCUT2D eigenvalue weighted by molar-refractivity contribution is 7.98. The van der Waals surface area contributed by atoms with Gasteiger partial charge >= 0.3 is 0 Å². The van der Waals surface area contributed by atoms with E-state index in [0.717, 1.165) is 5.56 Å². The zero-order valence-corrected chi connectivity index (χ0v) is 16.6. The standard InChI is InChI=1S/C21H16ClN3O2S/c1-27-17-5-2-4-16(12-17)25-20(26)18-6-3-11-23-19(18)24-21(25)28-13-14-7-9-15(22)10-8-14/h2-12H,13H2,1H3. The maximum atomic E-state index is 13.2. The SMILES string of the molecule is COc1cccc(-n2c(SCc3ccc(Cl)cc3)nc3ncccc3c2=O)c1. The summed E-state index contributed by atoms with van der Waals surface area (Å²) in [5.41, 5.74) is 2.05. The summed E-state index contributed by atoms with van der Waals surface area (Å²) in [6.07, 6.45) is 1.64. The largest absolute Gasteiger partial charge is 0.497 e. The van der Waals surface area contributed by atoms with Crippen LogP contribution in [0.1, 0.15) is 5.56 Å². The van der Waals surface area contributed by atoms with Crippen LogP contribution in [0.5, 0.6) is 5.75 Å². The Morgan fingerprint density at radius 3 is 2.71 bits per heavy atom. The number of methoxy groups -OCH3 is 1. The second kappa shape index (κ2) is 8.04.